The Morgan fingerprint density at radius 1 is 0.897 bits per heavy atom. The maximum absolute atomic E-state index is 12.8. The van der Waals surface area contributed by atoms with Crippen LogP contribution in [0.25, 0.3) is 5.76 Å². The lowest BCUT2D eigenvalue weighted by Gasteiger charge is -2.25. The van der Waals surface area contributed by atoms with Gasteiger partial charge < -0.3 is 4.74 Å². The highest BCUT2D eigenvalue weighted by Gasteiger charge is 2.32. The molecule has 0 fully saturated rings. The molecule has 0 aliphatic carbocycles. The number of halogens is 1. The molecule has 0 saturated carbocycles. The number of thioether (sulfide) groups is 2. The third-order valence-electron chi connectivity index (χ3n) is 4.46. The average molecular weight is 439 g/mol. The zero-order chi connectivity index (χ0) is 20.1. The molecule has 0 saturated heterocycles. The van der Waals surface area contributed by atoms with E-state index in [1.807, 2.05) is 72.8 Å². The smallest absolute Gasteiger partial charge is 0.325 e. The van der Waals surface area contributed by atoms with E-state index >= 15 is 0 Å². The molecular formula is C24H19ClO2S2. The molecule has 0 spiro atoms. The summed E-state index contributed by atoms with van der Waals surface area (Å²) in [7, 11) is 0. The monoisotopic (exact) mass is 438 g/mol. The summed E-state index contributed by atoms with van der Waals surface area (Å²) in [6.07, 6.45) is 0.641. The van der Waals surface area contributed by atoms with E-state index in [1.54, 1.807) is 23.5 Å². The molecule has 1 atom stereocenters. The number of hydrogen-bond donors (Lipinski definition) is 0. The summed E-state index contributed by atoms with van der Waals surface area (Å²) in [4.78, 5) is 12.8. The van der Waals surface area contributed by atoms with Crippen LogP contribution in [0.5, 0.6) is 0 Å². The highest BCUT2D eigenvalue weighted by atomic mass is 35.5. The van der Waals surface area contributed by atoms with Gasteiger partial charge in [0.05, 0.1) is 4.24 Å². The number of hydrogen-bond acceptors (Lipinski definition) is 4. The number of benzene rings is 3. The second-order valence-corrected chi connectivity index (χ2v) is 9.51. The minimum atomic E-state index is -0.265. The third-order valence-corrected chi connectivity index (χ3v) is 7.31. The lowest BCUT2D eigenvalue weighted by molar-refractivity contribution is -0.136. The van der Waals surface area contributed by atoms with E-state index in [9.17, 15) is 4.79 Å². The lowest BCUT2D eigenvalue weighted by Crippen LogP contribution is -2.26. The van der Waals surface area contributed by atoms with Gasteiger partial charge in [-0.05, 0) is 29.7 Å². The van der Waals surface area contributed by atoms with E-state index in [4.69, 9.17) is 16.3 Å². The first kappa shape index (κ1) is 20.1. The SMILES string of the molecule is O=C1OC(c2cccc(Cl)c2)=C(SCc2ccccc2)SC1Cc1ccccc1. The van der Waals surface area contributed by atoms with Crippen molar-refractivity contribution in [1.29, 1.82) is 0 Å². The van der Waals surface area contributed by atoms with Gasteiger partial charge in [-0.2, -0.15) is 0 Å². The van der Waals surface area contributed by atoms with Crippen LogP contribution in [0.1, 0.15) is 16.7 Å². The topological polar surface area (TPSA) is 26.3 Å². The number of ether oxygens (including phenoxy) is 1. The molecule has 0 N–H and O–H groups in total. The molecule has 0 aromatic heterocycles. The zero-order valence-corrected chi connectivity index (χ0v) is 18.0. The van der Waals surface area contributed by atoms with Crippen LogP contribution in [0.4, 0.5) is 0 Å². The fourth-order valence-electron chi connectivity index (χ4n) is 3.02. The van der Waals surface area contributed by atoms with Crippen molar-refractivity contribution >= 4 is 46.9 Å². The number of carbonyl (C=O) groups excluding carboxylic acids is 1. The van der Waals surface area contributed by atoms with Crippen molar-refractivity contribution in [3.05, 3.63) is 111 Å². The predicted molar refractivity (Wildman–Crippen MR) is 124 cm³/mol. The van der Waals surface area contributed by atoms with Crippen molar-refractivity contribution in [2.24, 2.45) is 0 Å². The Bertz CT molecular complexity index is 1020. The van der Waals surface area contributed by atoms with Gasteiger partial charge in [0.15, 0.2) is 5.76 Å². The van der Waals surface area contributed by atoms with E-state index in [1.165, 1.54) is 5.56 Å². The molecule has 0 bridgehead atoms. The van der Waals surface area contributed by atoms with Crippen molar-refractivity contribution in [3.8, 4) is 0 Å². The van der Waals surface area contributed by atoms with E-state index in [0.717, 1.165) is 21.1 Å². The van der Waals surface area contributed by atoms with Crippen molar-refractivity contribution in [3.63, 3.8) is 0 Å². The maximum atomic E-state index is 12.8. The molecular weight excluding hydrogens is 420 g/mol. The fraction of sp³-hybridized carbons (Fsp3) is 0.125. The molecule has 0 radical (unpaired) electrons. The highest BCUT2D eigenvalue weighted by Crippen LogP contribution is 2.45. The first-order chi connectivity index (χ1) is 14.2. The highest BCUT2D eigenvalue weighted by molar-refractivity contribution is 8.22. The maximum Gasteiger partial charge on any atom is 0.325 e. The Morgan fingerprint density at radius 2 is 1.59 bits per heavy atom. The zero-order valence-electron chi connectivity index (χ0n) is 15.6. The first-order valence-corrected chi connectivity index (χ1v) is 11.5. The van der Waals surface area contributed by atoms with Gasteiger partial charge in [0.25, 0.3) is 0 Å². The Hall–Kier alpha value is -2.14. The summed E-state index contributed by atoms with van der Waals surface area (Å²) in [5.74, 6) is 1.20. The van der Waals surface area contributed by atoms with Crippen LogP contribution in [0, 0.1) is 0 Å². The van der Waals surface area contributed by atoms with Gasteiger partial charge in [0, 0.05) is 16.3 Å². The van der Waals surface area contributed by atoms with Gasteiger partial charge in [-0.15, -0.1) is 11.8 Å². The molecule has 3 aromatic carbocycles. The van der Waals surface area contributed by atoms with Gasteiger partial charge in [0.2, 0.25) is 0 Å². The summed E-state index contributed by atoms with van der Waals surface area (Å²) in [6, 6.07) is 27.8. The van der Waals surface area contributed by atoms with E-state index in [-0.39, 0.29) is 11.2 Å². The summed E-state index contributed by atoms with van der Waals surface area (Å²) in [5, 5.41) is 0.355. The van der Waals surface area contributed by atoms with Gasteiger partial charge in [-0.3, -0.25) is 4.79 Å². The van der Waals surface area contributed by atoms with Gasteiger partial charge in [-0.25, -0.2) is 0 Å². The van der Waals surface area contributed by atoms with Crippen molar-refractivity contribution in [2.45, 2.75) is 17.4 Å². The van der Waals surface area contributed by atoms with Crippen molar-refractivity contribution in [2.75, 3.05) is 0 Å². The van der Waals surface area contributed by atoms with Crippen LogP contribution in [0.2, 0.25) is 5.02 Å². The van der Waals surface area contributed by atoms with Crippen LogP contribution in [0.15, 0.2) is 89.2 Å². The minimum absolute atomic E-state index is 0.210. The fourth-order valence-corrected chi connectivity index (χ4v) is 5.73. The second-order valence-electron chi connectivity index (χ2n) is 6.62. The number of rotatable bonds is 6. The second kappa shape index (κ2) is 9.57. The summed E-state index contributed by atoms with van der Waals surface area (Å²) in [6.45, 7) is 0. The van der Waals surface area contributed by atoms with Crippen LogP contribution >= 0.6 is 35.1 Å². The lowest BCUT2D eigenvalue weighted by atomic mass is 10.1. The summed E-state index contributed by atoms with van der Waals surface area (Å²) in [5.41, 5.74) is 3.18. The first-order valence-electron chi connectivity index (χ1n) is 9.28. The van der Waals surface area contributed by atoms with Gasteiger partial charge >= 0.3 is 5.97 Å². The molecule has 146 valence electrons. The molecule has 0 amide bonds. The largest absolute Gasteiger partial charge is 0.423 e. The molecule has 3 aromatic rings. The molecule has 2 nitrogen and oxygen atoms in total. The number of esters is 1. The molecule has 1 heterocycles. The van der Waals surface area contributed by atoms with E-state index in [0.29, 0.717) is 17.2 Å². The van der Waals surface area contributed by atoms with E-state index < -0.39 is 0 Å². The van der Waals surface area contributed by atoms with Crippen LogP contribution in [-0.2, 0) is 21.7 Å². The molecule has 1 unspecified atom stereocenters. The molecule has 4 rings (SSSR count). The molecule has 5 heteroatoms. The molecule has 1 aliphatic rings. The van der Waals surface area contributed by atoms with E-state index in [2.05, 4.69) is 12.1 Å². The van der Waals surface area contributed by atoms with Crippen LogP contribution in [0.3, 0.4) is 0 Å². The average Bonchev–Trinajstić information content (AvgIpc) is 2.75. The van der Waals surface area contributed by atoms with Crippen LogP contribution in [-0.4, -0.2) is 11.2 Å². The molecule has 29 heavy (non-hydrogen) atoms. The number of carbonyl (C=O) groups is 1. The van der Waals surface area contributed by atoms with Crippen molar-refractivity contribution < 1.29 is 9.53 Å². The Kier molecular flexibility index (Phi) is 6.65. The van der Waals surface area contributed by atoms with Gasteiger partial charge in [-0.1, -0.05) is 96.2 Å². The Balaban J connectivity index is 1.62. The quantitative estimate of drug-likeness (QED) is 0.395. The molecule has 1 aliphatic heterocycles. The minimum Gasteiger partial charge on any atom is -0.423 e. The summed E-state index contributed by atoms with van der Waals surface area (Å²) >= 11 is 9.47. The van der Waals surface area contributed by atoms with Gasteiger partial charge in [0.1, 0.15) is 5.25 Å². The third kappa shape index (κ3) is 5.27. The predicted octanol–water partition coefficient (Wildman–Crippen LogP) is 6.80. The Morgan fingerprint density at radius 3 is 2.28 bits per heavy atom. The summed E-state index contributed by atoms with van der Waals surface area (Å²) < 4.78 is 6.86. The normalized spacial score (nSPS) is 16.6. The standard InChI is InChI=1S/C24H19ClO2S2/c25-20-13-7-12-19(15-20)22-24(28-16-18-10-5-2-6-11-18)29-21(23(26)27-22)14-17-8-3-1-4-9-17/h1-13,15,21H,14,16H2. The van der Waals surface area contributed by atoms with Crippen LogP contribution < -0.4 is 0 Å². The van der Waals surface area contributed by atoms with Crippen molar-refractivity contribution in [1.82, 2.24) is 0 Å². The Labute approximate surface area is 184 Å². The number of cyclic esters (lactones) is 1.